The van der Waals surface area contributed by atoms with Gasteiger partial charge in [-0.2, -0.15) is 5.26 Å². The van der Waals surface area contributed by atoms with Crippen LogP contribution in [-0.4, -0.2) is 49.2 Å². The van der Waals surface area contributed by atoms with Crippen molar-refractivity contribution >= 4 is 5.91 Å². The van der Waals surface area contributed by atoms with Crippen molar-refractivity contribution < 1.29 is 9.53 Å². The maximum absolute atomic E-state index is 12.4. The van der Waals surface area contributed by atoms with Crippen LogP contribution in [0.25, 0.3) is 0 Å². The SMILES string of the molecule is CO[C@H]1C[C@@H](C(=O)NC2(C#N)CCCCC2)N(C)C1. The molecule has 1 saturated heterocycles. The van der Waals surface area contributed by atoms with E-state index in [2.05, 4.69) is 11.4 Å². The van der Waals surface area contributed by atoms with Gasteiger partial charge in [-0.05, 0) is 26.3 Å². The summed E-state index contributed by atoms with van der Waals surface area (Å²) in [5.41, 5.74) is -0.638. The first kappa shape index (κ1) is 14.3. The Hall–Kier alpha value is -1.12. The minimum absolute atomic E-state index is 0.0227. The minimum Gasteiger partial charge on any atom is -0.380 e. The Morgan fingerprint density at radius 3 is 2.63 bits per heavy atom. The maximum Gasteiger partial charge on any atom is 0.238 e. The molecule has 1 amide bonds. The van der Waals surface area contributed by atoms with Gasteiger partial charge in [0.1, 0.15) is 5.54 Å². The highest BCUT2D eigenvalue weighted by Crippen LogP contribution is 2.28. The van der Waals surface area contributed by atoms with Crippen molar-refractivity contribution in [3.63, 3.8) is 0 Å². The molecule has 5 heteroatoms. The van der Waals surface area contributed by atoms with Crippen LogP contribution in [-0.2, 0) is 9.53 Å². The van der Waals surface area contributed by atoms with Crippen molar-refractivity contribution in [2.45, 2.75) is 56.2 Å². The Morgan fingerprint density at radius 2 is 2.11 bits per heavy atom. The lowest BCUT2D eigenvalue weighted by atomic mass is 9.82. The lowest BCUT2D eigenvalue weighted by Crippen LogP contribution is -2.53. The Kier molecular flexibility index (Phi) is 4.43. The predicted octanol–water partition coefficient (Wildman–Crippen LogP) is 1.05. The maximum atomic E-state index is 12.4. The highest BCUT2D eigenvalue weighted by Gasteiger charge is 2.39. The summed E-state index contributed by atoms with van der Waals surface area (Å²) in [5.74, 6) is -0.0227. The first-order valence-corrected chi connectivity index (χ1v) is 7.06. The van der Waals surface area contributed by atoms with Crippen LogP contribution in [0.1, 0.15) is 38.5 Å². The van der Waals surface area contributed by atoms with Gasteiger partial charge in [0.05, 0.1) is 18.2 Å². The molecule has 19 heavy (non-hydrogen) atoms. The molecule has 0 aromatic rings. The van der Waals surface area contributed by atoms with Crippen molar-refractivity contribution in [2.24, 2.45) is 0 Å². The summed E-state index contributed by atoms with van der Waals surface area (Å²) in [7, 11) is 3.61. The molecule has 1 N–H and O–H groups in total. The second kappa shape index (κ2) is 5.89. The van der Waals surface area contributed by atoms with Crippen LogP contribution >= 0.6 is 0 Å². The van der Waals surface area contributed by atoms with Crippen LogP contribution in [0.15, 0.2) is 0 Å². The molecule has 1 aliphatic heterocycles. The van der Waals surface area contributed by atoms with E-state index in [1.54, 1.807) is 7.11 Å². The molecule has 0 bridgehead atoms. The smallest absolute Gasteiger partial charge is 0.238 e. The summed E-state index contributed by atoms with van der Waals surface area (Å²) in [6, 6.07) is 2.16. The van der Waals surface area contributed by atoms with Crippen molar-refractivity contribution in [1.29, 1.82) is 5.26 Å². The van der Waals surface area contributed by atoms with E-state index in [4.69, 9.17) is 4.74 Å². The third-order valence-corrected chi connectivity index (χ3v) is 4.43. The second-order valence-corrected chi connectivity index (χ2v) is 5.79. The van der Waals surface area contributed by atoms with E-state index in [1.807, 2.05) is 11.9 Å². The molecule has 0 radical (unpaired) electrons. The highest BCUT2D eigenvalue weighted by molar-refractivity contribution is 5.83. The number of likely N-dealkylation sites (tertiary alicyclic amines) is 1. The van der Waals surface area contributed by atoms with Gasteiger partial charge in [0.15, 0.2) is 0 Å². The number of rotatable bonds is 3. The average molecular weight is 265 g/mol. The summed E-state index contributed by atoms with van der Waals surface area (Å²) in [6.07, 6.45) is 5.59. The van der Waals surface area contributed by atoms with Crippen molar-refractivity contribution in [1.82, 2.24) is 10.2 Å². The number of ether oxygens (including phenoxy) is 1. The Bertz CT molecular complexity index is 371. The molecule has 0 spiro atoms. The zero-order valence-electron chi connectivity index (χ0n) is 11.8. The fourth-order valence-corrected chi connectivity index (χ4v) is 3.17. The summed E-state index contributed by atoms with van der Waals surface area (Å²) < 4.78 is 5.32. The summed E-state index contributed by atoms with van der Waals surface area (Å²) >= 11 is 0. The fourth-order valence-electron chi connectivity index (χ4n) is 3.17. The van der Waals surface area contributed by atoms with Crippen molar-refractivity contribution in [2.75, 3.05) is 20.7 Å². The third-order valence-electron chi connectivity index (χ3n) is 4.43. The van der Waals surface area contributed by atoms with Gasteiger partial charge >= 0.3 is 0 Å². The van der Waals surface area contributed by atoms with E-state index in [1.165, 1.54) is 0 Å². The number of amides is 1. The first-order chi connectivity index (χ1) is 9.10. The number of nitrogens with zero attached hydrogens (tertiary/aromatic N) is 2. The van der Waals surface area contributed by atoms with Crippen LogP contribution in [0.5, 0.6) is 0 Å². The van der Waals surface area contributed by atoms with Gasteiger partial charge in [-0.25, -0.2) is 0 Å². The average Bonchev–Trinajstić information content (AvgIpc) is 2.81. The number of nitriles is 1. The molecule has 0 unspecified atom stereocenters. The van der Waals surface area contributed by atoms with Gasteiger partial charge in [0.25, 0.3) is 0 Å². The largest absolute Gasteiger partial charge is 0.380 e. The summed E-state index contributed by atoms with van der Waals surface area (Å²) in [4.78, 5) is 14.4. The number of methoxy groups -OCH3 is 1. The molecule has 2 fully saturated rings. The van der Waals surface area contributed by atoms with E-state index in [-0.39, 0.29) is 18.1 Å². The standard InChI is InChI=1S/C14H23N3O2/c1-17-9-11(19-2)8-12(17)13(18)16-14(10-15)6-4-3-5-7-14/h11-12H,3-9H2,1-2H3,(H,16,18)/t11-,12-/m0/s1. The van der Waals surface area contributed by atoms with E-state index in [0.29, 0.717) is 6.42 Å². The second-order valence-electron chi connectivity index (χ2n) is 5.79. The monoisotopic (exact) mass is 265 g/mol. The number of hydrogen-bond donors (Lipinski definition) is 1. The molecule has 1 saturated carbocycles. The molecule has 1 heterocycles. The van der Waals surface area contributed by atoms with Crippen LogP contribution in [0.3, 0.4) is 0 Å². The lowest BCUT2D eigenvalue weighted by molar-refractivity contribution is -0.126. The van der Waals surface area contributed by atoms with Crippen LogP contribution < -0.4 is 5.32 Å². The van der Waals surface area contributed by atoms with E-state index < -0.39 is 5.54 Å². The Labute approximate surface area is 114 Å². The quantitative estimate of drug-likeness (QED) is 0.828. The zero-order chi connectivity index (χ0) is 13.9. The van der Waals surface area contributed by atoms with Crippen molar-refractivity contribution in [3.8, 4) is 6.07 Å². The summed E-state index contributed by atoms with van der Waals surface area (Å²) in [6.45, 7) is 0.772. The number of nitrogens with one attached hydrogen (secondary N) is 1. The van der Waals surface area contributed by atoms with Gasteiger partial charge in [-0.3, -0.25) is 9.69 Å². The third kappa shape index (κ3) is 3.07. The molecule has 2 atom stereocenters. The molecular weight excluding hydrogens is 242 g/mol. The molecule has 106 valence electrons. The molecule has 2 aliphatic rings. The van der Waals surface area contributed by atoms with E-state index in [0.717, 1.165) is 38.6 Å². The fraction of sp³-hybridized carbons (Fsp3) is 0.857. The molecule has 0 aromatic heterocycles. The lowest BCUT2D eigenvalue weighted by Gasteiger charge is -2.33. The molecule has 5 nitrogen and oxygen atoms in total. The molecule has 2 rings (SSSR count). The summed E-state index contributed by atoms with van der Waals surface area (Å²) in [5, 5.41) is 12.4. The van der Waals surface area contributed by atoms with E-state index >= 15 is 0 Å². The number of carbonyl (C=O) groups is 1. The molecule has 0 aromatic carbocycles. The zero-order valence-corrected chi connectivity index (χ0v) is 11.8. The van der Waals surface area contributed by atoms with Gasteiger partial charge < -0.3 is 10.1 Å². The molecular formula is C14H23N3O2. The Morgan fingerprint density at radius 1 is 1.42 bits per heavy atom. The van der Waals surface area contributed by atoms with Gasteiger partial charge in [-0.1, -0.05) is 19.3 Å². The van der Waals surface area contributed by atoms with E-state index in [9.17, 15) is 10.1 Å². The Balaban J connectivity index is 1.98. The van der Waals surface area contributed by atoms with Gasteiger partial charge in [-0.15, -0.1) is 0 Å². The number of carbonyl (C=O) groups excluding carboxylic acids is 1. The van der Waals surface area contributed by atoms with Gasteiger partial charge in [0, 0.05) is 13.7 Å². The predicted molar refractivity (Wildman–Crippen MR) is 71.4 cm³/mol. The topological polar surface area (TPSA) is 65.4 Å². The normalized spacial score (nSPS) is 30.8. The highest BCUT2D eigenvalue weighted by atomic mass is 16.5. The number of hydrogen-bond acceptors (Lipinski definition) is 4. The van der Waals surface area contributed by atoms with Crippen LogP contribution in [0.2, 0.25) is 0 Å². The van der Waals surface area contributed by atoms with Gasteiger partial charge in [0.2, 0.25) is 5.91 Å². The van der Waals surface area contributed by atoms with Crippen LogP contribution in [0.4, 0.5) is 0 Å². The van der Waals surface area contributed by atoms with Crippen molar-refractivity contribution in [3.05, 3.63) is 0 Å². The molecule has 1 aliphatic carbocycles. The van der Waals surface area contributed by atoms with Crippen LogP contribution in [0, 0.1) is 11.3 Å². The first-order valence-electron chi connectivity index (χ1n) is 7.06. The number of likely N-dealkylation sites (N-methyl/N-ethyl adjacent to an activating group) is 1. The minimum atomic E-state index is -0.638.